The molecule has 0 saturated heterocycles. The zero-order chi connectivity index (χ0) is 24.2. The van der Waals surface area contributed by atoms with E-state index in [0.29, 0.717) is 25.3 Å². The van der Waals surface area contributed by atoms with E-state index in [1.54, 1.807) is 11.0 Å². The Kier molecular flexibility index (Phi) is 7.93. The predicted octanol–water partition coefficient (Wildman–Crippen LogP) is 2.65. The Morgan fingerprint density at radius 2 is 1.91 bits per heavy atom. The Bertz CT molecular complexity index is 1110. The lowest BCUT2D eigenvalue weighted by atomic mass is 10.1. The summed E-state index contributed by atoms with van der Waals surface area (Å²) in [5.74, 6) is -0.504. The standard InChI is InChI=1S/C23H31FN4O4S/c1-16(2)27-10-4-9-26-21-13-18(24)6-5-17(21)15-28(12-11-27)23(29)20-14-19(33(25,30)31)7-8-22(20)32-3/h5-8,13-14,16,26H,4,9-12,15H2,1-3H3,(H2,25,30,31). The van der Waals surface area contributed by atoms with Gasteiger partial charge < -0.3 is 15.0 Å². The molecule has 33 heavy (non-hydrogen) atoms. The summed E-state index contributed by atoms with van der Waals surface area (Å²) >= 11 is 0. The SMILES string of the molecule is COc1ccc(S(N)(=O)=O)cc1C(=O)N1CCN(C(C)C)CCCNc2cc(F)ccc2C1. The van der Waals surface area contributed by atoms with Crippen molar-refractivity contribution in [3.63, 3.8) is 0 Å². The van der Waals surface area contributed by atoms with Crippen molar-refractivity contribution in [1.29, 1.82) is 0 Å². The van der Waals surface area contributed by atoms with Crippen LogP contribution in [0, 0.1) is 5.82 Å². The smallest absolute Gasteiger partial charge is 0.258 e. The van der Waals surface area contributed by atoms with Gasteiger partial charge in [-0.15, -0.1) is 0 Å². The molecule has 1 amide bonds. The zero-order valence-corrected chi connectivity index (χ0v) is 20.0. The molecular formula is C23H31FN4O4S. The second kappa shape index (κ2) is 10.5. The molecule has 3 rings (SSSR count). The summed E-state index contributed by atoms with van der Waals surface area (Å²) in [6, 6.07) is 8.71. The number of nitrogens with two attached hydrogens (primary N) is 1. The molecule has 1 aliphatic heterocycles. The lowest BCUT2D eigenvalue weighted by Crippen LogP contribution is -2.41. The minimum absolute atomic E-state index is 0.103. The van der Waals surface area contributed by atoms with Crippen LogP contribution in [0.2, 0.25) is 0 Å². The van der Waals surface area contributed by atoms with Gasteiger partial charge in [-0.05, 0) is 56.2 Å². The highest BCUT2D eigenvalue weighted by Crippen LogP contribution is 2.26. The molecule has 1 heterocycles. The van der Waals surface area contributed by atoms with E-state index >= 15 is 0 Å². The fraction of sp³-hybridized carbons (Fsp3) is 0.435. The number of carbonyl (C=O) groups is 1. The topological polar surface area (TPSA) is 105 Å². The number of fused-ring (bicyclic) bond motifs is 1. The third-order valence-corrected chi connectivity index (χ3v) is 6.69. The molecule has 180 valence electrons. The molecule has 0 bridgehead atoms. The molecule has 2 aromatic carbocycles. The zero-order valence-electron chi connectivity index (χ0n) is 19.2. The number of nitrogens with zero attached hydrogens (tertiary/aromatic N) is 2. The van der Waals surface area contributed by atoms with E-state index in [4.69, 9.17) is 9.88 Å². The Labute approximate surface area is 194 Å². The van der Waals surface area contributed by atoms with Gasteiger partial charge in [-0.3, -0.25) is 9.69 Å². The number of benzene rings is 2. The van der Waals surface area contributed by atoms with Gasteiger partial charge in [0.05, 0.1) is 17.6 Å². The molecule has 2 aromatic rings. The maximum absolute atomic E-state index is 13.9. The number of primary sulfonamides is 1. The Hall–Kier alpha value is -2.69. The Morgan fingerprint density at radius 1 is 1.15 bits per heavy atom. The van der Waals surface area contributed by atoms with Gasteiger partial charge in [0.15, 0.2) is 0 Å². The molecule has 0 aromatic heterocycles. The summed E-state index contributed by atoms with van der Waals surface area (Å²) in [7, 11) is -2.59. The van der Waals surface area contributed by atoms with Gasteiger partial charge in [-0.1, -0.05) is 6.07 Å². The molecule has 1 aliphatic rings. The van der Waals surface area contributed by atoms with Crippen molar-refractivity contribution in [2.45, 2.75) is 37.8 Å². The first kappa shape index (κ1) is 24.9. The minimum Gasteiger partial charge on any atom is -0.496 e. The summed E-state index contributed by atoms with van der Waals surface area (Å²) < 4.78 is 43.0. The summed E-state index contributed by atoms with van der Waals surface area (Å²) in [4.78, 5) is 17.4. The lowest BCUT2D eigenvalue weighted by Gasteiger charge is -2.30. The van der Waals surface area contributed by atoms with Crippen molar-refractivity contribution in [3.05, 3.63) is 53.3 Å². The molecule has 3 N–H and O–H groups in total. The fourth-order valence-electron chi connectivity index (χ4n) is 3.89. The molecule has 0 radical (unpaired) electrons. The summed E-state index contributed by atoms with van der Waals surface area (Å²) in [5.41, 5.74) is 1.51. The highest BCUT2D eigenvalue weighted by Gasteiger charge is 2.25. The van der Waals surface area contributed by atoms with Crippen LogP contribution in [0.15, 0.2) is 41.3 Å². The second-order valence-electron chi connectivity index (χ2n) is 8.35. The average molecular weight is 479 g/mol. The van der Waals surface area contributed by atoms with Gasteiger partial charge in [0.25, 0.3) is 5.91 Å². The van der Waals surface area contributed by atoms with Crippen molar-refractivity contribution >= 4 is 21.6 Å². The quantitative estimate of drug-likeness (QED) is 0.700. The largest absolute Gasteiger partial charge is 0.496 e. The maximum atomic E-state index is 13.9. The van der Waals surface area contributed by atoms with Gasteiger partial charge in [0.2, 0.25) is 10.0 Å². The van der Waals surface area contributed by atoms with Crippen LogP contribution in [0.25, 0.3) is 0 Å². The molecule has 0 fully saturated rings. The number of rotatable bonds is 4. The van der Waals surface area contributed by atoms with Gasteiger partial charge >= 0.3 is 0 Å². The summed E-state index contributed by atoms with van der Waals surface area (Å²) in [6.45, 7) is 6.95. The third-order valence-electron chi connectivity index (χ3n) is 5.78. The van der Waals surface area contributed by atoms with Crippen LogP contribution < -0.4 is 15.2 Å². The van der Waals surface area contributed by atoms with Crippen LogP contribution in [0.3, 0.4) is 0 Å². The number of ether oxygens (including phenoxy) is 1. The monoisotopic (exact) mass is 478 g/mol. The predicted molar refractivity (Wildman–Crippen MR) is 125 cm³/mol. The molecule has 0 unspecified atom stereocenters. The summed E-state index contributed by atoms with van der Waals surface area (Å²) in [5, 5.41) is 8.57. The molecule has 10 heteroatoms. The number of methoxy groups -OCH3 is 1. The van der Waals surface area contributed by atoms with Crippen molar-refractivity contribution in [2.24, 2.45) is 5.14 Å². The van der Waals surface area contributed by atoms with Gasteiger partial charge in [-0.25, -0.2) is 17.9 Å². The van der Waals surface area contributed by atoms with Crippen LogP contribution in [-0.4, -0.2) is 63.5 Å². The number of halogens is 1. The first-order chi connectivity index (χ1) is 15.6. The average Bonchev–Trinajstić information content (AvgIpc) is 2.80. The maximum Gasteiger partial charge on any atom is 0.258 e. The Balaban J connectivity index is 2.03. The number of hydrogen-bond acceptors (Lipinski definition) is 6. The molecule has 8 nitrogen and oxygen atoms in total. The highest BCUT2D eigenvalue weighted by atomic mass is 32.2. The highest BCUT2D eigenvalue weighted by molar-refractivity contribution is 7.89. The number of nitrogens with one attached hydrogen (secondary N) is 1. The van der Waals surface area contributed by atoms with E-state index < -0.39 is 15.9 Å². The molecular weight excluding hydrogens is 447 g/mol. The fourth-order valence-corrected chi connectivity index (χ4v) is 4.43. The first-order valence-corrected chi connectivity index (χ1v) is 12.4. The molecule has 0 saturated carbocycles. The van der Waals surface area contributed by atoms with Gasteiger partial charge in [0.1, 0.15) is 11.6 Å². The van der Waals surface area contributed by atoms with Crippen molar-refractivity contribution in [1.82, 2.24) is 9.80 Å². The van der Waals surface area contributed by atoms with Crippen LogP contribution in [0.5, 0.6) is 5.75 Å². The molecule has 0 aliphatic carbocycles. The normalized spacial score (nSPS) is 16.0. The lowest BCUT2D eigenvalue weighted by molar-refractivity contribution is 0.0708. The van der Waals surface area contributed by atoms with Crippen LogP contribution in [0.4, 0.5) is 10.1 Å². The number of anilines is 1. The first-order valence-electron chi connectivity index (χ1n) is 10.9. The van der Waals surface area contributed by atoms with Gasteiger partial charge in [0, 0.05) is 44.5 Å². The van der Waals surface area contributed by atoms with Crippen LogP contribution in [-0.2, 0) is 16.6 Å². The third kappa shape index (κ3) is 6.21. The minimum atomic E-state index is -4.00. The van der Waals surface area contributed by atoms with E-state index in [1.165, 1.54) is 37.4 Å². The van der Waals surface area contributed by atoms with E-state index in [1.807, 2.05) is 0 Å². The number of sulfonamides is 1. The Morgan fingerprint density at radius 3 is 2.58 bits per heavy atom. The van der Waals surface area contributed by atoms with E-state index in [9.17, 15) is 17.6 Å². The van der Waals surface area contributed by atoms with E-state index in [-0.39, 0.29) is 34.6 Å². The van der Waals surface area contributed by atoms with E-state index in [2.05, 4.69) is 24.1 Å². The van der Waals surface area contributed by atoms with Gasteiger partial charge in [-0.2, -0.15) is 0 Å². The number of hydrogen-bond donors (Lipinski definition) is 2. The molecule has 0 atom stereocenters. The summed E-state index contributed by atoms with van der Waals surface area (Å²) in [6.07, 6.45) is 0.867. The van der Waals surface area contributed by atoms with Crippen molar-refractivity contribution in [3.8, 4) is 5.75 Å². The van der Waals surface area contributed by atoms with E-state index in [0.717, 1.165) is 18.5 Å². The second-order valence-corrected chi connectivity index (χ2v) is 9.91. The number of carbonyl (C=O) groups excluding carboxylic acids is 1. The van der Waals surface area contributed by atoms with Crippen LogP contribution >= 0.6 is 0 Å². The van der Waals surface area contributed by atoms with Crippen molar-refractivity contribution < 1.29 is 22.3 Å². The molecule has 0 spiro atoms. The number of amides is 1. The van der Waals surface area contributed by atoms with Crippen LogP contribution in [0.1, 0.15) is 36.2 Å². The van der Waals surface area contributed by atoms with Crippen molar-refractivity contribution in [2.75, 3.05) is 38.6 Å².